The first-order chi connectivity index (χ1) is 9.45. The molecule has 0 atom stereocenters. The van der Waals surface area contributed by atoms with Gasteiger partial charge < -0.3 is 10.1 Å². The molecule has 0 amide bonds. The zero-order valence-corrected chi connectivity index (χ0v) is 13.1. The predicted molar refractivity (Wildman–Crippen MR) is 84.2 cm³/mol. The number of anilines is 2. The number of hydrazine groups is 1. The van der Waals surface area contributed by atoms with Crippen molar-refractivity contribution in [3.8, 4) is 0 Å². The van der Waals surface area contributed by atoms with Gasteiger partial charge in [0.1, 0.15) is 10.6 Å². The Labute approximate surface area is 122 Å². The highest BCUT2D eigenvalue weighted by Gasteiger charge is 2.19. The fourth-order valence-electron chi connectivity index (χ4n) is 1.98. The van der Waals surface area contributed by atoms with Crippen molar-refractivity contribution in [3.05, 3.63) is 10.9 Å². The summed E-state index contributed by atoms with van der Waals surface area (Å²) in [6, 6.07) is 2.08. The Kier molecular flexibility index (Phi) is 4.42. The summed E-state index contributed by atoms with van der Waals surface area (Å²) in [5, 5.41) is 4.35. The van der Waals surface area contributed by atoms with Gasteiger partial charge in [-0.25, -0.2) is 10.8 Å². The monoisotopic (exact) mass is 295 g/mol. The lowest BCUT2D eigenvalue weighted by Crippen LogP contribution is -2.33. The lowest BCUT2D eigenvalue weighted by molar-refractivity contribution is 0.000664. The maximum absolute atomic E-state index is 5.68. The average molecular weight is 295 g/mol. The Morgan fingerprint density at radius 2 is 2.15 bits per heavy atom. The second kappa shape index (κ2) is 5.90. The molecule has 2 rings (SSSR count). The Morgan fingerprint density at radius 3 is 2.80 bits per heavy atom. The van der Waals surface area contributed by atoms with Gasteiger partial charge >= 0.3 is 0 Å². The molecule has 7 heteroatoms. The van der Waals surface area contributed by atoms with Crippen LogP contribution >= 0.6 is 11.3 Å². The van der Waals surface area contributed by atoms with Crippen LogP contribution in [0.1, 0.15) is 25.6 Å². The normalized spacial score (nSPS) is 11.8. The highest BCUT2D eigenvalue weighted by Crippen LogP contribution is 2.29. The molecule has 0 bridgehead atoms. The van der Waals surface area contributed by atoms with Crippen LogP contribution in [0.3, 0.4) is 0 Å². The number of nitrogens with two attached hydrogens (primary N) is 1. The molecule has 6 nitrogen and oxygen atoms in total. The quantitative estimate of drug-likeness (QED) is 0.561. The van der Waals surface area contributed by atoms with Gasteiger partial charge in [-0.2, -0.15) is 4.98 Å². The fraction of sp³-hybridized carbons (Fsp3) is 0.538. The third kappa shape index (κ3) is 3.36. The van der Waals surface area contributed by atoms with E-state index in [1.54, 1.807) is 11.3 Å². The van der Waals surface area contributed by atoms with Gasteiger partial charge in [0.05, 0.1) is 11.0 Å². The smallest absolute Gasteiger partial charge is 0.240 e. The largest absolute Gasteiger partial charge is 0.374 e. The second-order valence-electron chi connectivity index (χ2n) is 5.16. The van der Waals surface area contributed by atoms with Gasteiger partial charge in [-0.1, -0.05) is 0 Å². The maximum atomic E-state index is 5.68. The first-order valence-electron chi connectivity index (χ1n) is 6.58. The molecule has 0 aliphatic rings. The molecule has 0 saturated carbocycles. The van der Waals surface area contributed by atoms with Crippen molar-refractivity contribution in [3.63, 3.8) is 0 Å². The molecule has 0 aromatic carbocycles. The SMILES string of the molecule is CCOC(C)(C)CNc1nc(NN)nc2sc(C)cc12. The van der Waals surface area contributed by atoms with Crippen LogP contribution < -0.4 is 16.6 Å². The number of nitrogen functional groups attached to an aromatic ring is 1. The molecule has 0 radical (unpaired) electrons. The third-order valence-electron chi connectivity index (χ3n) is 2.86. The van der Waals surface area contributed by atoms with E-state index in [0.29, 0.717) is 19.1 Å². The number of hydrogen-bond acceptors (Lipinski definition) is 7. The zero-order valence-electron chi connectivity index (χ0n) is 12.3. The molecule has 2 aromatic heterocycles. The molecule has 0 spiro atoms. The predicted octanol–water partition coefficient (Wildman–Crippen LogP) is 2.51. The van der Waals surface area contributed by atoms with Crippen LogP contribution in [-0.4, -0.2) is 28.7 Å². The minimum Gasteiger partial charge on any atom is -0.374 e. The van der Waals surface area contributed by atoms with Crippen LogP contribution in [0.25, 0.3) is 10.2 Å². The van der Waals surface area contributed by atoms with Crippen LogP contribution in [0.15, 0.2) is 6.07 Å². The van der Waals surface area contributed by atoms with Crippen LogP contribution in [-0.2, 0) is 4.74 Å². The minimum atomic E-state index is -0.257. The molecule has 0 unspecified atom stereocenters. The number of rotatable bonds is 6. The first kappa shape index (κ1) is 15.0. The molecular weight excluding hydrogens is 274 g/mol. The van der Waals surface area contributed by atoms with E-state index in [4.69, 9.17) is 10.6 Å². The summed E-state index contributed by atoms with van der Waals surface area (Å²) >= 11 is 1.62. The molecule has 2 aromatic rings. The number of fused-ring (bicyclic) bond motifs is 1. The summed E-state index contributed by atoms with van der Waals surface area (Å²) in [7, 11) is 0. The number of ether oxygens (including phenoxy) is 1. The number of thiophene rings is 1. The Bertz CT molecular complexity index is 596. The van der Waals surface area contributed by atoms with Crippen molar-refractivity contribution in [2.75, 3.05) is 23.9 Å². The van der Waals surface area contributed by atoms with Gasteiger partial charge in [0, 0.05) is 18.0 Å². The topological polar surface area (TPSA) is 85.1 Å². The van der Waals surface area contributed by atoms with E-state index < -0.39 is 0 Å². The Morgan fingerprint density at radius 1 is 1.40 bits per heavy atom. The number of nitrogens with zero attached hydrogens (tertiary/aromatic N) is 2. The maximum Gasteiger partial charge on any atom is 0.240 e. The van der Waals surface area contributed by atoms with Crippen LogP contribution in [0.4, 0.5) is 11.8 Å². The Hall–Kier alpha value is -1.44. The van der Waals surface area contributed by atoms with E-state index in [1.165, 1.54) is 4.88 Å². The van der Waals surface area contributed by atoms with E-state index in [-0.39, 0.29) is 5.60 Å². The van der Waals surface area contributed by atoms with E-state index >= 15 is 0 Å². The average Bonchev–Trinajstić information content (AvgIpc) is 2.76. The summed E-state index contributed by atoms with van der Waals surface area (Å²) < 4.78 is 5.68. The van der Waals surface area contributed by atoms with Crippen molar-refractivity contribution in [2.45, 2.75) is 33.3 Å². The van der Waals surface area contributed by atoms with E-state index in [0.717, 1.165) is 16.0 Å². The molecule has 0 aliphatic carbocycles. The van der Waals surface area contributed by atoms with Gasteiger partial charge in [0.25, 0.3) is 0 Å². The summed E-state index contributed by atoms with van der Waals surface area (Å²) in [6.45, 7) is 9.47. The van der Waals surface area contributed by atoms with E-state index in [9.17, 15) is 0 Å². The van der Waals surface area contributed by atoms with Crippen LogP contribution in [0.2, 0.25) is 0 Å². The number of hydrogen-bond donors (Lipinski definition) is 3. The van der Waals surface area contributed by atoms with Gasteiger partial charge in [0.15, 0.2) is 0 Å². The lowest BCUT2D eigenvalue weighted by atomic mass is 10.1. The first-order valence-corrected chi connectivity index (χ1v) is 7.39. The van der Waals surface area contributed by atoms with Crippen molar-refractivity contribution in [1.82, 2.24) is 9.97 Å². The number of aromatic nitrogens is 2. The van der Waals surface area contributed by atoms with Crippen molar-refractivity contribution in [2.24, 2.45) is 5.84 Å². The van der Waals surface area contributed by atoms with E-state index in [2.05, 4.69) is 33.7 Å². The highest BCUT2D eigenvalue weighted by atomic mass is 32.1. The standard InChI is InChI=1S/C13H21N5OS/c1-5-19-13(3,4)7-15-10-9-6-8(2)20-11(9)17-12(16-10)18-14/h6H,5,7,14H2,1-4H3,(H2,15,16,17,18). The van der Waals surface area contributed by atoms with Gasteiger partial charge in [-0.05, 0) is 33.8 Å². The molecule has 0 fully saturated rings. The summed E-state index contributed by atoms with van der Waals surface area (Å²) in [4.78, 5) is 10.9. The number of nitrogens with one attached hydrogen (secondary N) is 2. The van der Waals surface area contributed by atoms with Crippen LogP contribution in [0, 0.1) is 6.92 Å². The zero-order chi connectivity index (χ0) is 14.8. The molecule has 20 heavy (non-hydrogen) atoms. The van der Waals surface area contributed by atoms with Gasteiger partial charge in [-0.3, -0.25) is 5.43 Å². The molecule has 110 valence electrons. The Balaban J connectivity index is 2.28. The molecule has 2 heterocycles. The number of aryl methyl sites for hydroxylation is 1. The second-order valence-corrected chi connectivity index (χ2v) is 6.40. The van der Waals surface area contributed by atoms with Crippen molar-refractivity contribution >= 4 is 33.3 Å². The molecule has 0 saturated heterocycles. The summed E-state index contributed by atoms with van der Waals surface area (Å²) in [5.74, 6) is 6.61. The van der Waals surface area contributed by atoms with E-state index in [1.807, 2.05) is 20.8 Å². The molecule has 4 N–H and O–H groups in total. The van der Waals surface area contributed by atoms with Gasteiger partial charge in [0.2, 0.25) is 5.95 Å². The molecule has 0 aliphatic heterocycles. The molecular formula is C13H21N5OS. The third-order valence-corrected chi connectivity index (χ3v) is 3.81. The summed E-state index contributed by atoms with van der Waals surface area (Å²) in [6.07, 6.45) is 0. The lowest BCUT2D eigenvalue weighted by Gasteiger charge is -2.25. The van der Waals surface area contributed by atoms with Crippen molar-refractivity contribution < 1.29 is 4.74 Å². The van der Waals surface area contributed by atoms with Crippen LogP contribution in [0.5, 0.6) is 0 Å². The van der Waals surface area contributed by atoms with Crippen molar-refractivity contribution in [1.29, 1.82) is 0 Å². The fourth-order valence-corrected chi connectivity index (χ4v) is 2.86. The summed E-state index contributed by atoms with van der Waals surface area (Å²) in [5.41, 5.74) is 2.25. The minimum absolute atomic E-state index is 0.257. The van der Waals surface area contributed by atoms with Gasteiger partial charge in [-0.15, -0.1) is 11.3 Å². The highest BCUT2D eigenvalue weighted by molar-refractivity contribution is 7.18.